The van der Waals surface area contributed by atoms with Crippen LogP contribution in [0.3, 0.4) is 0 Å². The summed E-state index contributed by atoms with van der Waals surface area (Å²) in [5, 5.41) is 20.1. The summed E-state index contributed by atoms with van der Waals surface area (Å²) in [6.07, 6.45) is 7.25. The van der Waals surface area contributed by atoms with E-state index >= 15 is 0 Å². The lowest BCUT2D eigenvalue weighted by Gasteiger charge is -2.35. The van der Waals surface area contributed by atoms with Crippen LogP contribution >= 0.6 is 0 Å². The Kier molecular flexibility index (Phi) is 4.29. The third-order valence-electron chi connectivity index (χ3n) is 4.71. The predicted molar refractivity (Wildman–Crippen MR) is 89.8 cm³/mol. The lowest BCUT2D eigenvalue weighted by atomic mass is 10.0. The van der Waals surface area contributed by atoms with E-state index in [9.17, 15) is 5.11 Å². The van der Waals surface area contributed by atoms with E-state index in [1.165, 1.54) is 12.8 Å². The van der Waals surface area contributed by atoms with Gasteiger partial charge in [0.15, 0.2) is 5.82 Å². The zero-order valence-electron chi connectivity index (χ0n) is 13.6. The molecule has 8 nitrogen and oxygen atoms in total. The molecule has 3 heterocycles. The molecular weight excluding hydrogens is 306 g/mol. The number of rotatable bonds is 6. The van der Waals surface area contributed by atoms with Crippen LogP contribution in [0, 0.1) is 0 Å². The summed E-state index contributed by atoms with van der Waals surface area (Å²) in [5.41, 5.74) is 0. The Bertz CT molecular complexity index is 685. The summed E-state index contributed by atoms with van der Waals surface area (Å²) in [6, 6.07) is 2.09. The molecule has 1 saturated heterocycles. The average molecular weight is 329 g/mol. The highest BCUT2D eigenvalue weighted by Gasteiger charge is 2.27. The quantitative estimate of drug-likeness (QED) is 0.736. The van der Waals surface area contributed by atoms with Gasteiger partial charge in [-0.3, -0.25) is 5.10 Å². The molecule has 3 N–H and O–H groups in total. The standard InChI is InChI=1S/C16H23N7O/c24-9-12-3-1-2-6-23(12)15-7-13(18-10-19-15)17-8-14-20-16(22-21-14)11-4-5-11/h7,10-12,24H,1-6,8-9H2,(H,17,18,19)(H,20,21,22). The van der Waals surface area contributed by atoms with Gasteiger partial charge in [0.1, 0.15) is 23.8 Å². The fourth-order valence-corrected chi connectivity index (χ4v) is 3.18. The molecule has 0 radical (unpaired) electrons. The minimum Gasteiger partial charge on any atom is -0.394 e. The van der Waals surface area contributed by atoms with E-state index in [0.29, 0.717) is 12.5 Å². The number of aliphatic hydroxyl groups excluding tert-OH is 1. The molecule has 1 aliphatic heterocycles. The van der Waals surface area contributed by atoms with Crippen LogP contribution < -0.4 is 10.2 Å². The smallest absolute Gasteiger partial charge is 0.153 e. The summed E-state index contributed by atoms with van der Waals surface area (Å²) in [4.78, 5) is 15.3. The highest BCUT2D eigenvalue weighted by molar-refractivity contribution is 5.49. The van der Waals surface area contributed by atoms with Crippen LogP contribution in [0.5, 0.6) is 0 Å². The van der Waals surface area contributed by atoms with Crippen molar-refractivity contribution in [3.8, 4) is 0 Å². The van der Waals surface area contributed by atoms with Crippen molar-refractivity contribution < 1.29 is 5.11 Å². The molecular formula is C16H23N7O. The van der Waals surface area contributed by atoms with Crippen molar-refractivity contribution in [2.75, 3.05) is 23.4 Å². The second-order valence-electron chi connectivity index (χ2n) is 6.56. The lowest BCUT2D eigenvalue weighted by molar-refractivity contribution is 0.239. The third kappa shape index (κ3) is 3.33. The minimum atomic E-state index is 0.150. The molecule has 0 amide bonds. The number of aliphatic hydroxyl groups is 1. The van der Waals surface area contributed by atoms with E-state index in [0.717, 1.165) is 49.1 Å². The molecule has 24 heavy (non-hydrogen) atoms. The molecule has 0 bridgehead atoms. The van der Waals surface area contributed by atoms with E-state index in [1.807, 2.05) is 6.07 Å². The number of hydrogen-bond acceptors (Lipinski definition) is 7. The zero-order chi connectivity index (χ0) is 16.4. The molecule has 0 spiro atoms. The van der Waals surface area contributed by atoms with E-state index < -0.39 is 0 Å². The van der Waals surface area contributed by atoms with Crippen LogP contribution in [-0.4, -0.2) is 49.4 Å². The number of nitrogens with one attached hydrogen (secondary N) is 2. The largest absolute Gasteiger partial charge is 0.394 e. The van der Waals surface area contributed by atoms with Gasteiger partial charge in [-0.2, -0.15) is 5.10 Å². The first-order chi connectivity index (χ1) is 11.8. The second kappa shape index (κ2) is 6.72. The van der Waals surface area contributed by atoms with Crippen molar-refractivity contribution in [1.82, 2.24) is 25.1 Å². The molecule has 8 heteroatoms. The molecule has 1 unspecified atom stereocenters. The fraction of sp³-hybridized carbons (Fsp3) is 0.625. The predicted octanol–water partition coefficient (Wildman–Crippen LogP) is 1.44. The van der Waals surface area contributed by atoms with Crippen molar-refractivity contribution in [2.24, 2.45) is 0 Å². The first kappa shape index (κ1) is 15.3. The highest BCUT2D eigenvalue weighted by Crippen LogP contribution is 2.37. The van der Waals surface area contributed by atoms with E-state index in [-0.39, 0.29) is 12.6 Å². The molecule has 2 fully saturated rings. The first-order valence-corrected chi connectivity index (χ1v) is 8.68. The van der Waals surface area contributed by atoms with Crippen molar-refractivity contribution in [3.05, 3.63) is 24.0 Å². The molecule has 0 aromatic carbocycles. The molecule has 4 rings (SSSR count). The van der Waals surface area contributed by atoms with Gasteiger partial charge in [0.05, 0.1) is 19.2 Å². The van der Waals surface area contributed by atoms with E-state index in [2.05, 4.69) is 35.4 Å². The van der Waals surface area contributed by atoms with Gasteiger partial charge in [0.25, 0.3) is 0 Å². The van der Waals surface area contributed by atoms with Crippen molar-refractivity contribution in [3.63, 3.8) is 0 Å². The molecule has 1 saturated carbocycles. The summed E-state index contributed by atoms with van der Waals surface area (Å²) < 4.78 is 0. The average Bonchev–Trinajstić information content (AvgIpc) is 3.38. The highest BCUT2D eigenvalue weighted by atomic mass is 16.3. The summed E-state index contributed by atoms with van der Waals surface area (Å²) in [5.74, 6) is 3.92. The Labute approximate surface area is 140 Å². The molecule has 1 aliphatic carbocycles. The third-order valence-corrected chi connectivity index (χ3v) is 4.71. The lowest BCUT2D eigenvalue weighted by Crippen LogP contribution is -2.42. The molecule has 2 aromatic rings. The number of aromatic nitrogens is 5. The maximum absolute atomic E-state index is 9.58. The number of hydrogen-bond donors (Lipinski definition) is 3. The van der Waals surface area contributed by atoms with Gasteiger partial charge in [-0.15, -0.1) is 0 Å². The van der Waals surface area contributed by atoms with Crippen LogP contribution in [-0.2, 0) is 6.54 Å². The normalized spacial score (nSPS) is 21.0. The van der Waals surface area contributed by atoms with Crippen molar-refractivity contribution >= 4 is 11.6 Å². The first-order valence-electron chi connectivity index (χ1n) is 8.68. The van der Waals surface area contributed by atoms with Gasteiger partial charge in [-0.1, -0.05) is 0 Å². The van der Waals surface area contributed by atoms with Crippen LogP contribution in [0.25, 0.3) is 0 Å². The molecule has 2 aromatic heterocycles. The second-order valence-corrected chi connectivity index (χ2v) is 6.56. The van der Waals surface area contributed by atoms with Crippen molar-refractivity contribution in [1.29, 1.82) is 0 Å². The van der Waals surface area contributed by atoms with E-state index in [1.54, 1.807) is 6.33 Å². The Balaban J connectivity index is 1.41. The topological polar surface area (TPSA) is 103 Å². The van der Waals surface area contributed by atoms with Crippen LogP contribution in [0.2, 0.25) is 0 Å². The minimum absolute atomic E-state index is 0.150. The summed E-state index contributed by atoms with van der Waals surface area (Å²) in [7, 11) is 0. The van der Waals surface area contributed by atoms with Gasteiger partial charge in [0.2, 0.25) is 0 Å². The van der Waals surface area contributed by atoms with Gasteiger partial charge in [0, 0.05) is 18.5 Å². The van der Waals surface area contributed by atoms with Crippen LogP contribution in [0.15, 0.2) is 12.4 Å². The van der Waals surface area contributed by atoms with Crippen LogP contribution in [0.1, 0.15) is 49.7 Å². The Hall–Kier alpha value is -2.22. The summed E-state index contributed by atoms with van der Waals surface area (Å²) in [6.45, 7) is 1.64. The summed E-state index contributed by atoms with van der Waals surface area (Å²) >= 11 is 0. The molecule has 2 aliphatic rings. The Morgan fingerprint density at radius 1 is 1.25 bits per heavy atom. The maximum atomic E-state index is 9.58. The zero-order valence-corrected chi connectivity index (χ0v) is 13.6. The maximum Gasteiger partial charge on any atom is 0.153 e. The Morgan fingerprint density at radius 2 is 2.17 bits per heavy atom. The van der Waals surface area contributed by atoms with Gasteiger partial charge >= 0.3 is 0 Å². The SMILES string of the molecule is OCC1CCCCN1c1cc(NCc2nc(C3CC3)n[nH]2)ncn1. The number of H-pyrrole nitrogens is 1. The Morgan fingerprint density at radius 3 is 3.00 bits per heavy atom. The number of anilines is 2. The molecule has 1 atom stereocenters. The number of aromatic amines is 1. The fourth-order valence-electron chi connectivity index (χ4n) is 3.18. The number of piperidine rings is 1. The van der Waals surface area contributed by atoms with Gasteiger partial charge < -0.3 is 15.3 Å². The van der Waals surface area contributed by atoms with Crippen molar-refractivity contribution in [2.45, 2.75) is 50.6 Å². The van der Waals surface area contributed by atoms with Crippen LogP contribution in [0.4, 0.5) is 11.6 Å². The van der Waals surface area contributed by atoms with E-state index in [4.69, 9.17) is 0 Å². The van der Waals surface area contributed by atoms with Gasteiger partial charge in [-0.25, -0.2) is 15.0 Å². The molecule has 128 valence electrons. The monoisotopic (exact) mass is 329 g/mol. The number of nitrogens with zero attached hydrogens (tertiary/aromatic N) is 5. The van der Waals surface area contributed by atoms with Gasteiger partial charge in [-0.05, 0) is 32.1 Å².